The molecule has 29 heavy (non-hydrogen) atoms. The molecule has 0 aromatic heterocycles. The summed E-state index contributed by atoms with van der Waals surface area (Å²) in [4.78, 5) is 22.8. The van der Waals surface area contributed by atoms with Crippen molar-refractivity contribution in [1.29, 1.82) is 0 Å². The topological polar surface area (TPSA) is 54.4 Å². The van der Waals surface area contributed by atoms with Crippen LogP contribution in [0.5, 0.6) is 0 Å². The first-order valence-electron chi connectivity index (χ1n) is 12.8. The maximum Gasteiger partial charge on any atom is 0.307 e. The maximum absolute atomic E-state index is 11.4. The quantitative estimate of drug-likeness (QED) is 0.136. The van der Waals surface area contributed by atoms with Crippen LogP contribution in [0.4, 0.5) is 0 Å². The molecule has 0 bridgehead atoms. The van der Waals surface area contributed by atoms with E-state index in [0.717, 1.165) is 38.4 Å². The molecular formula is C26H50O3. The summed E-state index contributed by atoms with van der Waals surface area (Å²) in [6, 6.07) is 0. The Balaban J connectivity index is 3.49. The molecule has 2 atom stereocenters. The average Bonchev–Trinajstić information content (AvgIpc) is 2.71. The Kier molecular flexibility index (Phi) is 21.2. The SMILES string of the molecule is CCCCCCCCCCCCCCCCCCC(C=O)C(CCCC)C(=O)O. The van der Waals surface area contributed by atoms with E-state index in [2.05, 4.69) is 13.8 Å². The summed E-state index contributed by atoms with van der Waals surface area (Å²) in [7, 11) is 0. The van der Waals surface area contributed by atoms with Crippen LogP contribution in [0.15, 0.2) is 0 Å². The summed E-state index contributed by atoms with van der Waals surface area (Å²) in [6.45, 7) is 4.33. The van der Waals surface area contributed by atoms with Gasteiger partial charge in [0.15, 0.2) is 0 Å². The zero-order chi connectivity index (χ0) is 21.6. The van der Waals surface area contributed by atoms with Crippen LogP contribution in [-0.2, 0) is 9.59 Å². The lowest BCUT2D eigenvalue weighted by Crippen LogP contribution is -2.24. The van der Waals surface area contributed by atoms with Gasteiger partial charge >= 0.3 is 5.97 Å². The normalized spacial score (nSPS) is 13.3. The predicted octanol–water partition coefficient (Wildman–Crippen LogP) is 8.34. The van der Waals surface area contributed by atoms with Crippen molar-refractivity contribution in [2.75, 3.05) is 0 Å². The lowest BCUT2D eigenvalue weighted by Gasteiger charge is -2.18. The summed E-state index contributed by atoms with van der Waals surface area (Å²) in [5.74, 6) is -1.58. The monoisotopic (exact) mass is 410 g/mol. The third-order valence-electron chi connectivity index (χ3n) is 6.27. The fraction of sp³-hybridized carbons (Fsp3) is 0.923. The van der Waals surface area contributed by atoms with Gasteiger partial charge < -0.3 is 9.90 Å². The van der Waals surface area contributed by atoms with Crippen LogP contribution < -0.4 is 0 Å². The van der Waals surface area contributed by atoms with Gasteiger partial charge in [-0.1, -0.05) is 129 Å². The molecule has 0 rings (SSSR count). The molecule has 1 N–H and O–H groups in total. The highest BCUT2D eigenvalue weighted by Gasteiger charge is 2.26. The molecule has 0 aromatic rings. The Morgan fingerprint density at radius 1 is 0.621 bits per heavy atom. The Morgan fingerprint density at radius 3 is 1.34 bits per heavy atom. The van der Waals surface area contributed by atoms with Crippen molar-refractivity contribution in [3.8, 4) is 0 Å². The molecule has 0 amide bonds. The highest BCUT2D eigenvalue weighted by molar-refractivity contribution is 5.74. The maximum atomic E-state index is 11.4. The average molecular weight is 411 g/mol. The highest BCUT2D eigenvalue weighted by atomic mass is 16.4. The van der Waals surface area contributed by atoms with Crippen molar-refractivity contribution in [3.05, 3.63) is 0 Å². The lowest BCUT2D eigenvalue weighted by molar-refractivity contribution is -0.145. The Hall–Kier alpha value is -0.860. The molecule has 0 aliphatic carbocycles. The smallest absolute Gasteiger partial charge is 0.307 e. The largest absolute Gasteiger partial charge is 0.481 e. The molecule has 0 heterocycles. The molecule has 0 fully saturated rings. The van der Waals surface area contributed by atoms with Gasteiger partial charge in [0.2, 0.25) is 0 Å². The van der Waals surface area contributed by atoms with Crippen LogP contribution in [0.3, 0.4) is 0 Å². The standard InChI is InChI=1S/C26H50O3/c1-3-5-7-8-9-10-11-12-13-14-15-16-17-18-19-20-21-24(23-27)25(26(28)29)22-6-4-2/h23-25H,3-22H2,1-2H3,(H,28,29). The minimum absolute atomic E-state index is 0.300. The number of carbonyl (C=O) groups excluding carboxylic acids is 1. The van der Waals surface area contributed by atoms with Gasteiger partial charge in [-0.15, -0.1) is 0 Å². The molecule has 3 heteroatoms. The minimum Gasteiger partial charge on any atom is -0.481 e. The van der Waals surface area contributed by atoms with Crippen LogP contribution in [-0.4, -0.2) is 17.4 Å². The second-order valence-electron chi connectivity index (χ2n) is 8.98. The number of aliphatic carboxylic acids is 1. The van der Waals surface area contributed by atoms with Gasteiger partial charge in [0.1, 0.15) is 6.29 Å². The third kappa shape index (κ3) is 17.7. The van der Waals surface area contributed by atoms with E-state index in [1.54, 1.807) is 0 Å². The second kappa shape index (κ2) is 21.8. The number of unbranched alkanes of at least 4 members (excludes halogenated alkanes) is 16. The molecule has 3 nitrogen and oxygen atoms in total. The van der Waals surface area contributed by atoms with E-state index in [1.807, 2.05) is 0 Å². The van der Waals surface area contributed by atoms with Crippen LogP contribution >= 0.6 is 0 Å². The van der Waals surface area contributed by atoms with Crippen molar-refractivity contribution in [3.63, 3.8) is 0 Å². The van der Waals surface area contributed by atoms with Crippen molar-refractivity contribution >= 4 is 12.3 Å². The fourth-order valence-electron chi connectivity index (χ4n) is 4.24. The van der Waals surface area contributed by atoms with E-state index in [0.29, 0.717) is 6.42 Å². The first-order valence-corrected chi connectivity index (χ1v) is 12.8. The van der Waals surface area contributed by atoms with Crippen LogP contribution in [0.2, 0.25) is 0 Å². The summed E-state index contributed by atoms with van der Waals surface area (Å²) in [5, 5.41) is 9.38. The molecule has 0 spiro atoms. The fourth-order valence-corrected chi connectivity index (χ4v) is 4.24. The lowest BCUT2D eigenvalue weighted by atomic mass is 9.85. The number of rotatable bonds is 23. The van der Waals surface area contributed by atoms with Gasteiger partial charge in [0.05, 0.1) is 5.92 Å². The number of carboxylic acids is 1. The number of carbonyl (C=O) groups is 2. The predicted molar refractivity (Wildman–Crippen MR) is 124 cm³/mol. The molecule has 2 unspecified atom stereocenters. The molecule has 0 radical (unpaired) electrons. The molecule has 0 aliphatic rings. The third-order valence-corrected chi connectivity index (χ3v) is 6.27. The van der Waals surface area contributed by atoms with E-state index < -0.39 is 11.9 Å². The van der Waals surface area contributed by atoms with Gasteiger partial charge in [-0.3, -0.25) is 4.79 Å². The molecule has 0 aliphatic heterocycles. The van der Waals surface area contributed by atoms with Gasteiger partial charge in [-0.05, 0) is 12.8 Å². The number of aldehydes is 1. The first-order chi connectivity index (χ1) is 14.2. The van der Waals surface area contributed by atoms with Gasteiger partial charge in [-0.2, -0.15) is 0 Å². The van der Waals surface area contributed by atoms with Crippen LogP contribution in [0.1, 0.15) is 142 Å². The Morgan fingerprint density at radius 2 is 1.00 bits per heavy atom. The zero-order valence-corrected chi connectivity index (χ0v) is 19.6. The summed E-state index contributed by atoms with van der Waals surface area (Å²) in [5.41, 5.74) is 0. The summed E-state index contributed by atoms with van der Waals surface area (Å²) < 4.78 is 0. The van der Waals surface area contributed by atoms with Crippen molar-refractivity contribution in [2.24, 2.45) is 11.8 Å². The van der Waals surface area contributed by atoms with E-state index in [9.17, 15) is 14.7 Å². The number of hydrogen-bond acceptors (Lipinski definition) is 2. The minimum atomic E-state index is -0.799. The van der Waals surface area contributed by atoms with E-state index in [4.69, 9.17) is 0 Å². The van der Waals surface area contributed by atoms with Gasteiger partial charge in [0, 0.05) is 5.92 Å². The number of hydrogen-bond donors (Lipinski definition) is 1. The van der Waals surface area contributed by atoms with Gasteiger partial charge in [-0.25, -0.2) is 0 Å². The molecule has 0 saturated carbocycles. The van der Waals surface area contributed by atoms with Crippen molar-refractivity contribution < 1.29 is 14.7 Å². The van der Waals surface area contributed by atoms with Crippen molar-refractivity contribution in [2.45, 2.75) is 142 Å². The summed E-state index contributed by atoms with van der Waals surface area (Å²) in [6.07, 6.45) is 25.4. The second-order valence-corrected chi connectivity index (χ2v) is 8.98. The molecule has 172 valence electrons. The molecule has 0 saturated heterocycles. The van der Waals surface area contributed by atoms with E-state index >= 15 is 0 Å². The van der Waals surface area contributed by atoms with Crippen LogP contribution in [0, 0.1) is 11.8 Å². The summed E-state index contributed by atoms with van der Waals surface area (Å²) >= 11 is 0. The van der Waals surface area contributed by atoms with Crippen LogP contribution in [0.25, 0.3) is 0 Å². The van der Waals surface area contributed by atoms with Gasteiger partial charge in [0.25, 0.3) is 0 Å². The number of carboxylic acid groups (broad SMARTS) is 1. The van der Waals surface area contributed by atoms with E-state index in [-0.39, 0.29) is 5.92 Å². The Labute approximate surface area is 181 Å². The molecular weight excluding hydrogens is 360 g/mol. The zero-order valence-electron chi connectivity index (χ0n) is 19.6. The molecule has 0 aromatic carbocycles. The van der Waals surface area contributed by atoms with E-state index in [1.165, 1.54) is 89.9 Å². The first kappa shape index (κ1) is 28.1. The highest BCUT2D eigenvalue weighted by Crippen LogP contribution is 2.23. The van der Waals surface area contributed by atoms with Crippen molar-refractivity contribution in [1.82, 2.24) is 0 Å². The Bertz CT molecular complexity index is 367.